The maximum atomic E-state index is 12.9. The number of carbonyl (C=O) groups is 1. The van der Waals surface area contributed by atoms with Gasteiger partial charge in [-0.3, -0.25) is 14.7 Å². The molecule has 2 aromatic carbocycles. The Morgan fingerprint density at radius 2 is 1.93 bits per heavy atom. The van der Waals surface area contributed by atoms with E-state index in [-0.39, 0.29) is 5.91 Å². The zero-order valence-electron chi connectivity index (χ0n) is 17.8. The summed E-state index contributed by atoms with van der Waals surface area (Å²) < 4.78 is 0. The molecule has 1 aliphatic rings. The highest BCUT2D eigenvalue weighted by atomic mass is 16.1. The summed E-state index contributed by atoms with van der Waals surface area (Å²) in [5, 5.41) is 3.06. The van der Waals surface area contributed by atoms with Gasteiger partial charge in [0.15, 0.2) is 0 Å². The number of nitrogens with zero attached hydrogens (tertiary/aromatic N) is 2. The predicted octanol–water partition coefficient (Wildman–Crippen LogP) is 5.68. The molecule has 30 heavy (non-hydrogen) atoms. The fourth-order valence-corrected chi connectivity index (χ4v) is 4.21. The Kier molecular flexibility index (Phi) is 6.24. The minimum atomic E-state index is -0.170. The Morgan fingerprint density at radius 3 is 2.73 bits per heavy atom. The van der Waals surface area contributed by atoms with Crippen molar-refractivity contribution in [1.29, 1.82) is 0 Å². The van der Waals surface area contributed by atoms with E-state index in [9.17, 15) is 4.79 Å². The van der Waals surface area contributed by atoms with Gasteiger partial charge in [0.05, 0.1) is 0 Å². The highest BCUT2D eigenvalue weighted by Crippen LogP contribution is 2.28. The number of carbonyl (C=O) groups excluding carboxylic acids is 1. The highest BCUT2D eigenvalue weighted by Gasteiger charge is 2.19. The highest BCUT2D eigenvalue weighted by molar-refractivity contribution is 6.03. The van der Waals surface area contributed by atoms with Crippen LogP contribution in [-0.4, -0.2) is 28.4 Å². The molecule has 0 bridgehead atoms. The Bertz CT molecular complexity index is 1020. The van der Waals surface area contributed by atoms with Crippen LogP contribution in [0.25, 0.3) is 11.1 Å². The molecule has 154 valence electrons. The number of hydrogen-bond acceptors (Lipinski definition) is 3. The van der Waals surface area contributed by atoms with Crippen molar-refractivity contribution in [2.24, 2.45) is 0 Å². The van der Waals surface area contributed by atoms with Crippen molar-refractivity contribution in [3.63, 3.8) is 0 Å². The number of pyridine rings is 1. The van der Waals surface area contributed by atoms with E-state index in [1.807, 2.05) is 49.4 Å². The average Bonchev–Trinajstić information content (AvgIpc) is 2.77. The van der Waals surface area contributed by atoms with Gasteiger partial charge in [-0.2, -0.15) is 0 Å². The third-order valence-electron chi connectivity index (χ3n) is 6.05. The average molecular weight is 400 g/mol. The van der Waals surface area contributed by atoms with Crippen LogP contribution in [0.1, 0.15) is 47.8 Å². The standard InChI is InChI=1S/C26H29N3O/c1-19-9-6-7-16-29(19)18-21-14-15-27-25(17-21)26(30)28-24-13-8-12-23(20(24)2)22-10-4-3-5-11-22/h3-5,8,10-15,17,19H,6-7,9,16,18H2,1-2H3,(H,28,30). The molecule has 1 atom stereocenters. The number of anilines is 1. The van der Waals surface area contributed by atoms with Crippen molar-refractivity contribution in [1.82, 2.24) is 9.88 Å². The third kappa shape index (κ3) is 4.60. The number of amides is 1. The van der Waals surface area contributed by atoms with Crippen LogP contribution in [0.4, 0.5) is 5.69 Å². The van der Waals surface area contributed by atoms with Crippen LogP contribution >= 0.6 is 0 Å². The molecule has 1 aromatic heterocycles. The first-order valence-electron chi connectivity index (χ1n) is 10.8. The van der Waals surface area contributed by atoms with Gasteiger partial charge < -0.3 is 5.32 Å². The fourth-order valence-electron chi connectivity index (χ4n) is 4.21. The number of rotatable bonds is 5. The molecule has 0 radical (unpaired) electrons. The lowest BCUT2D eigenvalue weighted by Crippen LogP contribution is -2.36. The number of aromatic nitrogens is 1. The van der Waals surface area contributed by atoms with Crippen LogP contribution in [-0.2, 0) is 6.54 Å². The molecule has 4 nitrogen and oxygen atoms in total. The molecule has 0 saturated carbocycles. The van der Waals surface area contributed by atoms with Gasteiger partial charge in [0, 0.05) is 24.5 Å². The minimum Gasteiger partial charge on any atom is -0.320 e. The van der Waals surface area contributed by atoms with Crippen LogP contribution < -0.4 is 5.32 Å². The van der Waals surface area contributed by atoms with E-state index >= 15 is 0 Å². The van der Waals surface area contributed by atoms with Crippen molar-refractivity contribution < 1.29 is 4.79 Å². The fraction of sp³-hybridized carbons (Fsp3) is 0.308. The largest absolute Gasteiger partial charge is 0.320 e. The Hall–Kier alpha value is -2.98. The summed E-state index contributed by atoms with van der Waals surface area (Å²) in [4.78, 5) is 19.8. The quantitative estimate of drug-likeness (QED) is 0.600. The first kappa shape index (κ1) is 20.3. The summed E-state index contributed by atoms with van der Waals surface area (Å²) in [6.07, 6.45) is 5.55. The van der Waals surface area contributed by atoms with E-state index in [2.05, 4.69) is 40.3 Å². The minimum absolute atomic E-state index is 0.170. The number of likely N-dealkylation sites (tertiary alicyclic amines) is 1. The summed E-state index contributed by atoms with van der Waals surface area (Å²) in [5.74, 6) is -0.170. The van der Waals surface area contributed by atoms with Gasteiger partial charge in [0.25, 0.3) is 5.91 Å². The van der Waals surface area contributed by atoms with E-state index in [0.29, 0.717) is 11.7 Å². The predicted molar refractivity (Wildman–Crippen MR) is 123 cm³/mol. The van der Waals surface area contributed by atoms with E-state index in [1.54, 1.807) is 6.20 Å². The van der Waals surface area contributed by atoms with Crippen LogP contribution in [0.3, 0.4) is 0 Å². The summed E-state index contributed by atoms with van der Waals surface area (Å²) in [5.41, 5.74) is 5.73. The van der Waals surface area contributed by atoms with Gasteiger partial charge in [-0.25, -0.2) is 0 Å². The van der Waals surface area contributed by atoms with Gasteiger partial charge in [-0.15, -0.1) is 0 Å². The molecule has 1 fully saturated rings. The lowest BCUT2D eigenvalue weighted by molar-refractivity contribution is 0.102. The normalized spacial score (nSPS) is 16.9. The first-order chi connectivity index (χ1) is 14.6. The molecule has 4 rings (SSSR count). The van der Waals surface area contributed by atoms with Crippen LogP contribution in [0, 0.1) is 6.92 Å². The number of hydrogen-bond donors (Lipinski definition) is 1. The van der Waals surface area contributed by atoms with E-state index in [4.69, 9.17) is 0 Å². The third-order valence-corrected chi connectivity index (χ3v) is 6.05. The molecule has 1 aliphatic heterocycles. The topological polar surface area (TPSA) is 45.2 Å². The van der Waals surface area contributed by atoms with Gasteiger partial charge in [-0.05, 0) is 73.7 Å². The lowest BCUT2D eigenvalue weighted by atomic mass is 9.99. The Labute approximate surface area is 179 Å². The first-order valence-corrected chi connectivity index (χ1v) is 10.8. The summed E-state index contributed by atoms with van der Waals surface area (Å²) >= 11 is 0. The van der Waals surface area contributed by atoms with Crippen molar-refractivity contribution in [3.8, 4) is 11.1 Å². The zero-order valence-corrected chi connectivity index (χ0v) is 17.8. The molecular weight excluding hydrogens is 370 g/mol. The monoisotopic (exact) mass is 399 g/mol. The van der Waals surface area contributed by atoms with Crippen molar-refractivity contribution in [2.45, 2.75) is 45.7 Å². The second-order valence-electron chi connectivity index (χ2n) is 8.16. The Balaban J connectivity index is 1.51. The molecule has 1 N–H and O–H groups in total. The van der Waals surface area contributed by atoms with Crippen molar-refractivity contribution in [2.75, 3.05) is 11.9 Å². The van der Waals surface area contributed by atoms with E-state index in [1.165, 1.54) is 19.3 Å². The summed E-state index contributed by atoms with van der Waals surface area (Å²) in [6, 6.07) is 20.8. The molecule has 0 spiro atoms. The van der Waals surface area contributed by atoms with Crippen LogP contribution in [0.5, 0.6) is 0 Å². The molecular formula is C26H29N3O. The second kappa shape index (κ2) is 9.23. The van der Waals surface area contributed by atoms with Crippen molar-refractivity contribution in [3.05, 3.63) is 83.7 Å². The molecule has 1 saturated heterocycles. The maximum Gasteiger partial charge on any atom is 0.274 e. The molecule has 0 aliphatic carbocycles. The summed E-state index contributed by atoms with van der Waals surface area (Å²) in [7, 11) is 0. The van der Waals surface area contributed by atoms with Gasteiger partial charge in [0.1, 0.15) is 5.69 Å². The molecule has 1 amide bonds. The summed E-state index contributed by atoms with van der Waals surface area (Å²) in [6.45, 7) is 6.32. The van der Waals surface area contributed by atoms with Crippen LogP contribution in [0.2, 0.25) is 0 Å². The SMILES string of the molecule is Cc1c(NC(=O)c2cc(CN3CCCCC3C)ccn2)cccc1-c1ccccc1. The smallest absolute Gasteiger partial charge is 0.274 e. The van der Waals surface area contributed by atoms with Crippen molar-refractivity contribution >= 4 is 11.6 Å². The van der Waals surface area contributed by atoms with E-state index in [0.717, 1.165) is 41.0 Å². The molecule has 4 heteroatoms. The van der Waals surface area contributed by atoms with E-state index < -0.39 is 0 Å². The van der Waals surface area contributed by atoms with Gasteiger partial charge >= 0.3 is 0 Å². The zero-order chi connectivity index (χ0) is 20.9. The second-order valence-corrected chi connectivity index (χ2v) is 8.16. The molecule has 1 unspecified atom stereocenters. The lowest BCUT2D eigenvalue weighted by Gasteiger charge is -2.33. The number of piperidine rings is 1. The maximum absolute atomic E-state index is 12.9. The van der Waals surface area contributed by atoms with Gasteiger partial charge in [-0.1, -0.05) is 48.9 Å². The Morgan fingerprint density at radius 1 is 1.10 bits per heavy atom. The molecule has 3 aromatic rings. The number of nitrogens with one attached hydrogen (secondary N) is 1. The molecule has 2 heterocycles. The number of benzene rings is 2. The van der Waals surface area contributed by atoms with Gasteiger partial charge in [0.2, 0.25) is 0 Å². The van der Waals surface area contributed by atoms with Crippen LogP contribution in [0.15, 0.2) is 66.9 Å².